The summed E-state index contributed by atoms with van der Waals surface area (Å²) in [5.74, 6) is -1.32. The highest BCUT2D eigenvalue weighted by Crippen LogP contribution is 2.09. The van der Waals surface area contributed by atoms with E-state index in [0.29, 0.717) is 10.6 Å². The maximum absolute atomic E-state index is 11.9. The first kappa shape index (κ1) is 14.2. The largest absolute Gasteiger partial charge is 0.476 e. The van der Waals surface area contributed by atoms with Gasteiger partial charge in [-0.25, -0.2) is 9.78 Å². The Bertz CT molecular complexity index is 620. The maximum atomic E-state index is 11.9. The number of aromatic nitrogens is 3. The Hall–Kier alpha value is -2.22. The van der Waals surface area contributed by atoms with Crippen LogP contribution in [0.5, 0.6) is 0 Å². The summed E-state index contributed by atoms with van der Waals surface area (Å²) in [6, 6.07) is 0. The Kier molecular flexibility index (Phi) is 4.46. The van der Waals surface area contributed by atoms with Gasteiger partial charge >= 0.3 is 5.97 Å². The molecule has 8 heteroatoms. The fourth-order valence-corrected chi connectivity index (χ4v) is 2.29. The van der Waals surface area contributed by atoms with Gasteiger partial charge in [0.05, 0.1) is 18.3 Å². The number of carboxylic acids is 1. The molecule has 0 atom stereocenters. The number of nitrogens with one attached hydrogen (secondary N) is 1. The molecule has 0 unspecified atom stereocenters. The monoisotopic (exact) mass is 294 g/mol. The average Bonchev–Trinajstić information content (AvgIpc) is 3.05. The summed E-state index contributed by atoms with van der Waals surface area (Å²) >= 11 is 1.20. The van der Waals surface area contributed by atoms with Crippen molar-refractivity contribution in [2.24, 2.45) is 0 Å². The fraction of sp³-hybridized carbons (Fsp3) is 0.333. The third kappa shape index (κ3) is 3.41. The molecule has 0 spiro atoms. The number of thiazole rings is 1. The number of aryl methyl sites for hydroxylation is 1. The highest BCUT2D eigenvalue weighted by molar-refractivity contribution is 7.09. The first-order chi connectivity index (χ1) is 9.60. The van der Waals surface area contributed by atoms with Gasteiger partial charge in [-0.3, -0.25) is 9.48 Å². The van der Waals surface area contributed by atoms with Crippen molar-refractivity contribution >= 4 is 23.2 Å². The predicted molar refractivity (Wildman–Crippen MR) is 72.8 cm³/mol. The Morgan fingerprint density at radius 2 is 2.30 bits per heavy atom. The number of carbonyl (C=O) groups excluding carboxylic acids is 1. The van der Waals surface area contributed by atoms with Gasteiger partial charge in [0.1, 0.15) is 5.01 Å². The van der Waals surface area contributed by atoms with Crippen LogP contribution in [-0.2, 0) is 13.1 Å². The molecule has 1 amide bonds. The van der Waals surface area contributed by atoms with Crippen molar-refractivity contribution in [1.29, 1.82) is 0 Å². The number of hydrogen-bond acceptors (Lipinski definition) is 5. The van der Waals surface area contributed by atoms with E-state index >= 15 is 0 Å². The van der Waals surface area contributed by atoms with E-state index < -0.39 is 5.97 Å². The van der Waals surface area contributed by atoms with E-state index in [4.69, 9.17) is 5.11 Å². The molecule has 2 heterocycles. The van der Waals surface area contributed by atoms with Gasteiger partial charge in [-0.1, -0.05) is 6.92 Å². The lowest BCUT2D eigenvalue weighted by Gasteiger charge is -2.00. The summed E-state index contributed by atoms with van der Waals surface area (Å²) in [4.78, 5) is 26.4. The first-order valence-corrected chi connectivity index (χ1v) is 6.96. The van der Waals surface area contributed by atoms with Crippen LogP contribution >= 0.6 is 11.3 Å². The summed E-state index contributed by atoms with van der Waals surface area (Å²) in [7, 11) is 0. The van der Waals surface area contributed by atoms with Crippen LogP contribution in [0.2, 0.25) is 0 Å². The fourth-order valence-electron chi connectivity index (χ4n) is 1.58. The van der Waals surface area contributed by atoms with E-state index in [0.717, 1.165) is 13.0 Å². The molecule has 7 nitrogen and oxygen atoms in total. The Labute approximate surface area is 119 Å². The molecule has 0 aliphatic heterocycles. The summed E-state index contributed by atoms with van der Waals surface area (Å²) in [6.07, 6.45) is 4.14. The van der Waals surface area contributed by atoms with Gasteiger partial charge < -0.3 is 10.4 Å². The first-order valence-electron chi connectivity index (χ1n) is 6.08. The van der Waals surface area contributed by atoms with Gasteiger partial charge in [-0.15, -0.1) is 11.3 Å². The molecule has 0 aliphatic rings. The molecular formula is C12H14N4O3S. The van der Waals surface area contributed by atoms with Crippen LogP contribution in [0, 0.1) is 0 Å². The summed E-state index contributed by atoms with van der Waals surface area (Å²) in [5.41, 5.74) is 0.475. The molecule has 20 heavy (non-hydrogen) atoms. The Morgan fingerprint density at radius 3 is 2.95 bits per heavy atom. The Balaban J connectivity index is 1.91. The van der Waals surface area contributed by atoms with Crippen molar-refractivity contribution in [3.8, 4) is 0 Å². The van der Waals surface area contributed by atoms with E-state index in [-0.39, 0.29) is 18.1 Å². The standard InChI is InChI=1S/C12H14N4O3S/c1-2-3-16-6-8(4-14-16)11(17)13-5-10-15-9(7-20-10)12(18)19/h4,6-7H,2-3,5H2,1H3,(H,13,17)(H,18,19). The number of carbonyl (C=O) groups is 2. The lowest BCUT2D eigenvalue weighted by atomic mass is 10.3. The van der Waals surface area contributed by atoms with Gasteiger partial charge in [0, 0.05) is 18.1 Å². The molecule has 0 bridgehead atoms. The number of aromatic carboxylic acids is 1. The van der Waals surface area contributed by atoms with Crippen LogP contribution < -0.4 is 5.32 Å². The quantitative estimate of drug-likeness (QED) is 0.838. The lowest BCUT2D eigenvalue weighted by molar-refractivity contribution is 0.0691. The third-order valence-electron chi connectivity index (χ3n) is 2.52. The molecule has 2 N–H and O–H groups in total. The van der Waals surface area contributed by atoms with Crippen molar-refractivity contribution in [2.45, 2.75) is 26.4 Å². The molecule has 0 aromatic carbocycles. The SMILES string of the molecule is CCCn1cc(C(=O)NCc2nc(C(=O)O)cs2)cn1. The maximum Gasteiger partial charge on any atom is 0.355 e. The van der Waals surface area contributed by atoms with Gasteiger partial charge in [0.2, 0.25) is 0 Å². The van der Waals surface area contributed by atoms with Crippen LogP contribution in [0.3, 0.4) is 0 Å². The second kappa shape index (κ2) is 6.29. The van der Waals surface area contributed by atoms with Gasteiger partial charge in [-0.2, -0.15) is 5.10 Å². The second-order valence-corrected chi connectivity index (χ2v) is 5.05. The summed E-state index contributed by atoms with van der Waals surface area (Å²) in [6.45, 7) is 3.00. The van der Waals surface area contributed by atoms with E-state index in [1.807, 2.05) is 6.92 Å². The molecule has 0 radical (unpaired) electrons. The van der Waals surface area contributed by atoms with Crippen molar-refractivity contribution in [1.82, 2.24) is 20.1 Å². The van der Waals surface area contributed by atoms with Crippen LogP contribution in [0.1, 0.15) is 39.2 Å². The molecule has 106 valence electrons. The lowest BCUT2D eigenvalue weighted by Crippen LogP contribution is -2.22. The number of carboxylic acid groups (broad SMARTS) is 1. The van der Waals surface area contributed by atoms with Crippen molar-refractivity contribution in [2.75, 3.05) is 0 Å². The van der Waals surface area contributed by atoms with Crippen LogP contribution in [0.25, 0.3) is 0 Å². The molecule has 2 aromatic heterocycles. The average molecular weight is 294 g/mol. The molecule has 0 fully saturated rings. The molecular weight excluding hydrogens is 280 g/mol. The molecule has 0 saturated carbocycles. The number of amides is 1. The third-order valence-corrected chi connectivity index (χ3v) is 3.37. The zero-order valence-electron chi connectivity index (χ0n) is 10.9. The predicted octanol–water partition coefficient (Wildman–Crippen LogP) is 1.38. The number of hydrogen-bond donors (Lipinski definition) is 2. The van der Waals surface area contributed by atoms with Crippen molar-refractivity contribution in [3.05, 3.63) is 34.0 Å². The minimum Gasteiger partial charge on any atom is -0.476 e. The minimum absolute atomic E-state index is 0.00462. The molecule has 0 saturated heterocycles. The number of rotatable bonds is 6. The Morgan fingerprint density at radius 1 is 1.50 bits per heavy atom. The topological polar surface area (TPSA) is 97.1 Å². The van der Waals surface area contributed by atoms with Crippen LogP contribution in [0.15, 0.2) is 17.8 Å². The van der Waals surface area contributed by atoms with Crippen molar-refractivity contribution < 1.29 is 14.7 Å². The number of nitrogens with zero attached hydrogens (tertiary/aromatic N) is 3. The van der Waals surface area contributed by atoms with E-state index in [1.54, 1.807) is 10.9 Å². The van der Waals surface area contributed by atoms with Crippen molar-refractivity contribution in [3.63, 3.8) is 0 Å². The molecule has 2 rings (SSSR count). The summed E-state index contributed by atoms with van der Waals surface area (Å²) < 4.78 is 1.71. The minimum atomic E-state index is -1.07. The van der Waals surface area contributed by atoms with E-state index in [2.05, 4.69) is 15.4 Å². The van der Waals surface area contributed by atoms with Crippen LogP contribution in [0.4, 0.5) is 0 Å². The van der Waals surface area contributed by atoms with Gasteiger partial charge in [0.15, 0.2) is 5.69 Å². The normalized spacial score (nSPS) is 10.4. The zero-order chi connectivity index (χ0) is 14.5. The van der Waals surface area contributed by atoms with E-state index in [1.165, 1.54) is 22.9 Å². The molecule has 0 aliphatic carbocycles. The zero-order valence-corrected chi connectivity index (χ0v) is 11.7. The summed E-state index contributed by atoms with van der Waals surface area (Å²) in [5, 5.41) is 17.5. The highest BCUT2D eigenvalue weighted by Gasteiger charge is 2.11. The second-order valence-electron chi connectivity index (χ2n) is 4.11. The molecule has 2 aromatic rings. The van der Waals surface area contributed by atoms with Gasteiger partial charge in [0.25, 0.3) is 5.91 Å². The van der Waals surface area contributed by atoms with Gasteiger partial charge in [-0.05, 0) is 6.42 Å². The smallest absolute Gasteiger partial charge is 0.355 e. The van der Waals surface area contributed by atoms with Crippen LogP contribution in [-0.4, -0.2) is 31.7 Å². The highest BCUT2D eigenvalue weighted by atomic mass is 32.1. The van der Waals surface area contributed by atoms with E-state index in [9.17, 15) is 9.59 Å².